The highest BCUT2D eigenvalue weighted by Gasteiger charge is 2.22. The van der Waals surface area contributed by atoms with Gasteiger partial charge in [0, 0.05) is 18.2 Å². The number of thiocarbonyl (C=S) groups is 1. The minimum Gasteiger partial charge on any atom is -0.395 e. The van der Waals surface area contributed by atoms with E-state index in [0.29, 0.717) is 12.1 Å². The Balaban J connectivity index is 2.20. The Labute approximate surface area is 118 Å². The van der Waals surface area contributed by atoms with Crippen LogP contribution in [0, 0.1) is 5.82 Å². The summed E-state index contributed by atoms with van der Waals surface area (Å²) in [6.45, 7) is 1.75. The smallest absolute Gasteiger partial charge is 0.123 e. The van der Waals surface area contributed by atoms with E-state index in [1.54, 1.807) is 6.07 Å². The van der Waals surface area contributed by atoms with E-state index >= 15 is 0 Å². The molecule has 0 saturated carbocycles. The van der Waals surface area contributed by atoms with Crippen LogP contribution in [-0.4, -0.2) is 34.2 Å². The SMILES string of the molecule is NC(=S)c1cc(F)ccc1CN1CCCCC1CO. The normalized spacial score (nSPS) is 20.4. The van der Waals surface area contributed by atoms with Crippen LogP contribution >= 0.6 is 12.2 Å². The van der Waals surface area contributed by atoms with Crippen LogP contribution in [0.25, 0.3) is 0 Å². The molecule has 19 heavy (non-hydrogen) atoms. The molecule has 1 saturated heterocycles. The standard InChI is InChI=1S/C14H19FN2OS/c15-11-5-4-10(13(7-11)14(16)19)8-17-6-2-1-3-12(17)9-18/h4-5,7,12,18H,1-3,6,8-9H2,(H2,16,19). The Kier molecular flexibility index (Phi) is 4.85. The maximum Gasteiger partial charge on any atom is 0.123 e. The van der Waals surface area contributed by atoms with E-state index < -0.39 is 0 Å². The van der Waals surface area contributed by atoms with Gasteiger partial charge < -0.3 is 10.8 Å². The third kappa shape index (κ3) is 3.49. The third-order valence-electron chi connectivity index (χ3n) is 3.67. The van der Waals surface area contributed by atoms with Crippen LogP contribution < -0.4 is 5.73 Å². The number of nitrogens with two attached hydrogens (primary N) is 1. The van der Waals surface area contributed by atoms with Crippen molar-refractivity contribution in [3.63, 3.8) is 0 Å². The number of nitrogens with zero attached hydrogens (tertiary/aromatic N) is 1. The summed E-state index contributed by atoms with van der Waals surface area (Å²) >= 11 is 4.98. The molecular formula is C14H19FN2OS. The van der Waals surface area contributed by atoms with E-state index in [4.69, 9.17) is 18.0 Å². The van der Waals surface area contributed by atoms with E-state index in [2.05, 4.69) is 4.90 Å². The summed E-state index contributed by atoms with van der Waals surface area (Å²) in [6, 6.07) is 4.72. The van der Waals surface area contributed by atoms with Gasteiger partial charge in [-0.05, 0) is 37.1 Å². The lowest BCUT2D eigenvalue weighted by molar-refractivity contribution is 0.0841. The fraction of sp³-hybridized carbons (Fsp3) is 0.500. The van der Waals surface area contributed by atoms with Gasteiger partial charge in [0.15, 0.2) is 0 Å². The molecule has 0 aliphatic carbocycles. The monoisotopic (exact) mass is 282 g/mol. The van der Waals surface area contributed by atoms with E-state index in [1.165, 1.54) is 12.1 Å². The summed E-state index contributed by atoms with van der Waals surface area (Å²) in [5.74, 6) is -0.330. The fourth-order valence-electron chi connectivity index (χ4n) is 2.61. The average Bonchev–Trinajstić information content (AvgIpc) is 2.41. The second-order valence-corrected chi connectivity index (χ2v) is 5.41. The lowest BCUT2D eigenvalue weighted by Crippen LogP contribution is -2.41. The number of likely N-dealkylation sites (tertiary alicyclic amines) is 1. The van der Waals surface area contributed by atoms with E-state index in [0.717, 1.165) is 31.4 Å². The zero-order chi connectivity index (χ0) is 13.8. The first-order valence-corrected chi connectivity index (χ1v) is 6.95. The number of aliphatic hydroxyl groups excluding tert-OH is 1. The summed E-state index contributed by atoms with van der Waals surface area (Å²) < 4.78 is 13.3. The number of rotatable bonds is 4. The van der Waals surface area contributed by atoms with E-state index in [1.807, 2.05) is 0 Å². The Morgan fingerprint density at radius 1 is 1.47 bits per heavy atom. The van der Waals surface area contributed by atoms with Gasteiger partial charge in [0.1, 0.15) is 10.8 Å². The molecular weight excluding hydrogens is 263 g/mol. The molecule has 1 fully saturated rings. The first-order chi connectivity index (χ1) is 9.11. The average molecular weight is 282 g/mol. The van der Waals surface area contributed by atoms with Crippen molar-refractivity contribution in [1.29, 1.82) is 0 Å². The molecule has 1 heterocycles. The van der Waals surface area contributed by atoms with Crippen molar-refractivity contribution >= 4 is 17.2 Å². The molecule has 3 N–H and O–H groups in total. The van der Waals surface area contributed by atoms with Gasteiger partial charge in [0.05, 0.1) is 6.61 Å². The van der Waals surface area contributed by atoms with Crippen LogP contribution in [-0.2, 0) is 6.54 Å². The third-order valence-corrected chi connectivity index (χ3v) is 3.89. The minimum atomic E-state index is -0.330. The molecule has 1 aromatic rings. The van der Waals surface area contributed by atoms with E-state index in [-0.39, 0.29) is 23.5 Å². The van der Waals surface area contributed by atoms with Crippen molar-refractivity contribution in [2.24, 2.45) is 5.73 Å². The van der Waals surface area contributed by atoms with Crippen molar-refractivity contribution in [2.45, 2.75) is 31.8 Å². The van der Waals surface area contributed by atoms with Crippen molar-refractivity contribution in [1.82, 2.24) is 4.90 Å². The molecule has 1 atom stereocenters. The highest BCUT2D eigenvalue weighted by atomic mass is 32.1. The summed E-state index contributed by atoms with van der Waals surface area (Å²) in [6.07, 6.45) is 3.27. The number of hydrogen-bond donors (Lipinski definition) is 2. The van der Waals surface area contributed by atoms with Crippen LogP contribution in [0.4, 0.5) is 4.39 Å². The Bertz CT molecular complexity index is 467. The summed E-state index contributed by atoms with van der Waals surface area (Å²) in [5.41, 5.74) is 7.17. The number of hydrogen-bond acceptors (Lipinski definition) is 3. The van der Waals surface area contributed by atoms with Crippen LogP contribution in [0.15, 0.2) is 18.2 Å². The predicted octanol–water partition coefficient (Wildman–Crippen LogP) is 1.81. The van der Waals surface area contributed by atoms with Gasteiger partial charge in [0.2, 0.25) is 0 Å². The first kappa shape index (κ1) is 14.4. The molecule has 5 heteroatoms. The van der Waals surface area contributed by atoms with Gasteiger partial charge in [-0.25, -0.2) is 4.39 Å². The number of benzene rings is 1. The zero-order valence-corrected chi connectivity index (χ0v) is 11.6. The topological polar surface area (TPSA) is 49.5 Å². The molecule has 1 aromatic carbocycles. The van der Waals surface area contributed by atoms with Crippen molar-refractivity contribution in [3.8, 4) is 0 Å². The zero-order valence-electron chi connectivity index (χ0n) is 10.8. The van der Waals surface area contributed by atoms with Crippen LogP contribution in [0.3, 0.4) is 0 Å². The summed E-state index contributed by atoms with van der Waals surface area (Å²) in [7, 11) is 0. The molecule has 0 bridgehead atoms. The molecule has 0 amide bonds. The van der Waals surface area contributed by atoms with Gasteiger partial charge in [-0.15, -0.1) is 0 Å². The second-order valence-electron chi connectivity index (χ2n) is 4.97. The predicted molar refractivity (Wildman–Crippen MR) is 77.4 cm³/mol. The number of piperidine rings is 1. The summed E-state index contributed by atoms with van der Waals surface area (Å²) in [4.78, 5) is 2.44. The molecule has 0 aromatic heterocycles. The highest BCUT2D eigenvalue weighted by molar-refractivity contribution is 7.80. The molecule has 104 valence electrons. The Morgan fingerprint density at radius 3 is 2.95 bits per heavy atom. The lowest BCUT2D eigenvalue weighted by Gasteiger charge is -2.35. The fourth-order valence-corrected chi connectivity index (χ4v) is 2.80. The van der Waals surface area contributed by atoms with Gasteiger partial charge in [-0.2, -0.15) is 0 Å². The van der Waals surface area contributed by atoms with E-state index in [9.17, 15) is 9.50 Å². The molecule has 2 rings (SSSR count). The maximum atomic E-state index is 13.3. The van der Waals surface area contributed by atoms with Gasteiger partial charge in [-0.1, -0.05) is 24.7 Å². The van der Waals surface area contributed by atoms with Crippen LogP contribution in [0.5, 0.6) is 0 Å². The maximum absolute atomic E-state index is 13.3. The van der Waals surface area contributed by atoms with Crippen molar-refractivity contribution < 1.29 is 9.50 Å². The summed E-state index contributed by atoms with van der Waals surface area (Å²) in [5, 5.41) is 9.41. The number of halogens is 1. The van der Waals surface area contributed by atoms with Gasteiger partial charge in [0.25, 0.3) is 0 Å². The number of aliphatic hydroxyl groups is 1. The van der Waals surface area contributed by atoms with Crippen molar-refractivity contribution in [3.05, 3.63) is 35.1 Å². The van der Waals surface area contributed by atoms with Crippen LogP contribution in [0.1, 0.15) is 30.4 Å². The molecule has 1 aliphatic heterocycles. The van der Waals surface area contributed by atoms with Crippen LogP contribution in [0.2, 0.25) is 0 Å². The first-order valence-electron chi connectivity index (χ1n) is 6.55. The van der Waals surface area contributed by atoms with Crippen molar-refractivity contribution in [2.75, 3.05) is 13.2 Å². The molecule has 0 radical (unpaired) electrons. The van der Waals surface area contributed by atoms with Gasteiger partial charge >= 0.3 is 0 Å². The molecule has 1 unspecified atom stereocenters. The Morgan fingerprint density at radius 2 is 2.26 bits per heavy atom. The minimum absolute atomic E-state index is 0.156. The van der Waals surface area contributed by atoms with Gasteiger partial charge in [-0.3, -0.25) is 4.90 Å². The largest absolute Gasteiger partial charge is 0.395 e. The highest BCUT2D eigenvalue weighted by Crippen LogP contribution is 2.21. The lowest BCUT2D eigenvalue weighted by atomic mass is 10.00. The molecule has 1 aliphatic rings. The molecule has 3 nitrogen and oxygen atoms in total. The second kappa shape index (κ2) is 6.41. The quantitative estimate of drug-likeness (QED) is 0.827. The molecule has 0 spiro atoms. The Hall–Kier alpha value is -1.04.